The van der Waals surface area contributed by atoms with Crippen molar-refractivity contribution < 1.29 is 4.39 Å². The molecule has 0 saturated heterocycles. The van der Waals surface area contributed by atoms with E-state index >= 15 is 0 Å². The molecule has 0 atom stereocenters. The van der Waals surface area contributed by atoms with Gasteiger partial charge in [0.2, 0.25) is 0 Å². The van der Waals surface area contributed by atoms with Gasteiger partial charge in [-0.15, -0.1) is 0 Å². The lowest BCUT2D eigenvalue weighted by Gasteiger charge is -2.22. The standard InChI is InChI=1S/C16H25F/c1-4-9-13(3)16(17)12-14(5-2)15-10-7-6-8-11-15/h5,12,15H,2,4,6-11H2,1,3H3/b14-12+,16-13-. The molecule has 1 saturated carbocycles. The molecule has 0 bridgehead atoms. The Morgan fingerprint density at radius 1 is 1.29 bits per heavy atom. The van der Waals surface area contributed by atoms with Crippen LogP contribution in [0.5, 0.6) is 0 Å². The van der Waals surface area contributed by atoms with Gasteiger partial charge in [0.05, 0.1) is 0 Å². The van der Waals surface area contributed by atoms with Crippen molar-refractivity contribution in [3.63, 3.8) is 0 Å². The van der Waals surface area contributed by atoms with Crippen LogP contribution in [0.3, 0.4) is 0 Å². The molecule has 1 heteroatoms. The fourth-order valence-electron chi connectivity index (χ4n) is 2.54. The predicted molar refractivity (Wildman–Crippen MR) is 73.6 cm³/mol. The zero-order valence-corrected chi connectivity index (χ0v) is 11.3. The van der Waals surface area contributed by atoms with Crippen molar-refractivity contribution in [2.24, 2.45) is 5.92 Å². The summed E-state index contributed by atoms with van der Waals surface area (Å²) in [5, 5.41) is 0. The third kappa shape index (κ3) is 4.49. The maximum absolute atomic E-state index is 13.9. The Kier molecular flexibility index (Phi) is 6.25. The summed E-state index contributed by atoms with van der Waals surface area (Å²) in [6, 6.07) is 0. The lowest BCUT2D eigenvalue weighted by atomic mass is 9.83. The summed E-state index contributed by atoms with van der Waals surface area (Å²) in [5.74, 6) is 0.480. The highest BCUT2D eigenvalue weighted by Crippen LogP contribution is 2.31. The Balaban J connectivity index is 2.77. The molecule has 0 spiro atoms. The van der Waals surface area contributed by atoms with Crippen molar-refractivity contribution in [1.82, 2.24) is 0 Å². The van der Waals surface area contributed by atoms with Gasteiger partial charge in [-0.3, -0.25) is 0 Å². The highest BCUT2D eigenvalue weighted by atomic mass is 19.1. The van der Waals surface area contributed by atoms with Crippen LogP contribution in [0.25, 0.3) is 0 Å². The third-order valence-corrected chi connectivity index (χ3v) is 3.64. The van der Waals surface area contributed by atoms with Crippen LogP contribution in [-0.4, -0.2) is 0 Å². The number of hydrogen-bond donors (Lipinski definition) is 0. The van der Waals surface area contributed by atoms with Crippen molar-refractivity contribution in [3.05, 3.63) is 35.7 Å². The zero-order chi connectivity index (χ0) is 12.7. The maximum atomic E-state index is 13.9. The van der Waals surface area contributed by atoms with E-state index in [4.69, 9.17) is 0 Å². The molecule has 1 rings (SSSR count). The normalized spacial score (nSPS) is 20.1. The second-order valence-electron chi connectivity index (χ2n) is 5.06. The second kappa shape index (κ2) is 7.47. The molecular weight excluding hydrogens is 211 g/mol. The van der Waals surface area contributed by atoms with Crippen LogP contribution in [0.15, 0.2) is 35.7 Å². The first-order chi connectivity index (χ1) is 8.19. The molecule has 0 aromatic carbocycles. The molecule has 0 unspecified atom stereocenters. The topological polar surface area (TPSA) is 0 Å². The van der Waals surface area contributed by atoms with E-state index in [-0.39, 0.29) is 5.83 Å². The molecule has 0 radical (unpaired) electrons. The average molecular weight is 236 g/mol. The van der Waals surface area contributed by atoms with Crippen molar-refractivity contribution in [1.29, 1.82) is 0 Å². The summed E-state index contributed by atoms with van der Waals surface area (Å²) in [6.07, 6.45) is 11.7. The van der Waals surface area contributed by atoms with Gasteiger partial charge in [0.25, 0.3) is 0 Å². The van der Waals surface area contributed by atoms with E-state index in [9.17, 15) is 4.39 Å². The average Bonchev–Trinajstić information content (AvgIpc) is 2.37. The number of allylic oxidation sites excluding steroid dienone is 5. The Morgan fingerprint density at radius 3 is 2.47 bits per heavy atom. The first-order valence-electron chi connectivity index (χ1n) is 6.88. The van der Waals surface area contributed by atoms with Crippen LogP contribution >= 0.6 is 0 Å². The Hall–Kier alpha value is -0.850. The number of hydrogen-bond acceptors (Lipinski definition) is 0. The first kappa shape index (κ1) is 14.2. The fraction of sp³-hybridized carbons (Fsp3) is 0.625. The van der Waals surface area contributed by atoms with Crippen molar-refractivity contribution in [3.8, 4) is 0 Å². The van der Waals surface area contributed by atoms with Crippen LogP contribution < -0.4 is 0 Å². The molecule has 96 valence electrons. The van der Waals surface area contributed by atoms with Gasteiger partial charge < -0.3 is 0 Å². The first-order valence-corrected chi connectivity index (χ1v) is 6.88. The van der Waals surface area contributed by atoms with Crippen LogP contribution in [-0.2, 0) is 0 Å². The van der Waals surface area contributed by atoms with Crippen molar-refractivity contribution in [2.75, 3.05) is 0 Å². The van der Waals surface area contributed by atoms with E-state index in [1.165, 1.54) is 32.1 Å². The maximum Gasteiger partial charge on any atom is 0.122 e. The summed E-state index contributed by atoms with van der Waals surface area (Å²) in [7, 11) is 0. The van der Waals surface area contributed by atoms with E-state index in [0.717, 1.165) is 24.0 Å². The van der Waals surface area contributed by atoms with Gasteiger partial charge in [0.15, 0.2) is 0 Å². The molecule has 1 aliphatic rings. The zero-order valence-electron chi connectivity index (χ0n) is 11.3. The lowest BCUT2D eigenvalue weighted by molar-refractivity contribution is 0.407. The van der Waals surface area contributed by atoms with Gasteiger partial charge in [-0.05, 0) is 49.3 Å². The Bertz CT molecular complexity index is 303. The molecule has 0 aromatic heterocycles. The van der Waals surface area contributed by atoms with Crippen LogP contribution in [0.4, 0.5) is 4.39 Å². The molecular formula is C16H25F. The minimum atomic E-state index is -0.0488. The highest BCUT2D eigenvalue weighted by molar-refractivity contribution is 5.30. The summed E-state index contributed by atoms with van der Waals surface area (Å²) in [6.45, 7) is 7.80. The second-order valence-corrected chi connectivity index (χ2v) is 5.06. The number of rotatable bonds is 5. The summed E-state index contributed by atoms with van der Waals surface area (Å²) >= 11 is 0. The quantitative estimate of drug-likeness (QED) is 0.535. The van der Waals surface area contributed by atoms with E-state index in [0.29, 0.717) is 5.92 Å². The van der Waals surface area contributed by atoms with Crippen molar-refractivity contribution in [2.45, 2.75) is 58.8 Å². The van der Waals surface area contributed by atoms with Crippen molar-refractivity contribution >= 4 is 0 Å². The van der Waals surface area contributed by atoms with Crippen LogP contribution in [0.2, 0.25) is 0 Å². The smallest absolute Gasteiger partial charge is 0.122 e. The molecule has 0 N–H and O–H groups in total. The van der Waals surface area contributed by atoms with Gasteiger partial charge >= 0.3 is 0 Å². The predicted octanol–water partition coefficient (Wildman–Crippen LogP) is 5.72. The lowest BCUT2D eigenvalue weighted by Crippen LogP contribution is -2.08. The van der Waals surface area contributed by atoms with Gasteiger partial charge in [-0.25, -0.2) is 4.39 Å². The molecule has 1 aliphatic carbocycles. The van der Waals surface area contributed by atoms with E-state index in [1.807, 2.05) is 13.0 Å². The van der Waals surface area contributed by atoms with Crippen LogP contribution in [0.1, 0.15) is 58.8 Å². The molecule has 0 nitrogen and oxygen atoms in total. The summed E-state index contributed by atoms with van der Waals surface area (Å²) < 4.78 is 13.9. The van der Waals surface area contributed by atoms with Crippen LogP contribution in [0, 0.1) is 5.92 Å². The molecule has 0 amide bonds. The monoisotopic (exact) mass is 236 g/mol. The van der Waals surface area contributed by atoms with Gasteiger partial charge in [0.1, 0.15) is 5.83 Å². The minimum Gasteiger partial charge on any atom is -0.207 e. The van der Waals surface area contributed by atoms with E-state index in [1.54, 1.807) is 6.08 Å². The third-order valence-electron chi connectivity index (χ3n) is 3.64. The summed E-state index contributed by atoms with van der Waals surface area (Å²) in [5.41, 5.74) is 1.96. The largest absolute Gasteiger partial charge is 0.207 e. The summed E-state index contributed by atoms with van der Waals surface area (Å²) in [4.78, 5) is 0. The minimum absolute atomic E-state index is 0.0488. The Morgan fingerprint density at radius 2 is 1.94 bits per heavy atom. The highest BCUT2D eigenvalue weighted by Gasteiger charge is 2.16. The molecule has 17 heavy (non-hydrogen) atoms. The molecule has 0 heterocycles. The Labute approximate surface area is 105 Å². The van der Waals surface area contributed by atoms with Gasteiger partial charge in [-0.2, -0.15) is 0 Å². The number of halogens is 1. The SMILES string of the molecule is C=C/C(=C\C(F)=C(/C)CCC)C1CCCCC1. The van der Waals surface area contributed by atoms with Gasteiger partial charge in [0, 0.05) is 0 Å². The molecule has 0 aliphatic heterocycles. The molecule has 0 aromatic rings. The fourth-order valence-corrected chi connectivity index (χ4v) is 2.54. The molecule has 1 fully saturated rings. The van der Waals surface area contributed by atoms with E-state index < -0.39 is 0 Å². The van der Waals surface area contributed by atoms with E-state index in [2.05, 4.69) is 13.5 Å². The van der Waals surface area contributed by atoms with Gasteiger partial charge in [-0.1, -0.05) is 45.3 Å².